The molecule has 0 radical (unpaired) electrons. The Bertz CT molecular complexity index is 482. The molecule has 0 aliphatic rings. The highest BCUT2D eigenvalue weighted by Gasteiger charge is 2.41. The van der Waals surface area contributed by atoms with Gasteiger partial charge in [0.05, 0.1) is 0 Å². The fourth-order valence-electron chi connectivity index (χ4n) is 5.15. The first-order chi connectivity index (χ1) is 17.9. The molecule has 0 aliphatic carbocycles. The number of hydrogen-bond donors (Lipinski definition) is 1. The molecule has 0 aromatic heterocycles. The first kappa shape index (κ1) is 37.4. The maximum Gasteiger partial charge on any atom is 0.500 e. The average molecular weight is 581 g/mol. The molecule has 0 saturated heterocycles. The highest BCUT2D eigenvalue weighted by Crippen LogP contribution is 2.29. The number of nitrogens with zero attached hydrogens (tertiary/aromatic N) is 1. The summed E-state index contributed by atoms with van der Waals surface area (Å²) in [6.45, 7) is 25.1. The van der Waals surface area contributed by atoms with Gasteiger partial charge >= 0.3 is 17.4 Å². The first-order valence-electron chi connectivity index (χ1n) is 15.5. The molecule has 0 amide bonds. The molecule has 0 fully saturated rings. The normalized spacial score (nSPS) is 13.9. The number of hydrogen-bond acceptors (Lipinski definition) is 7. The van der Waals surface area contributed by atoms with Crippen molar-refractivity contribution in [1.29, 1.82) is 0 Å². The molecular formula is C27H64N2O5Si3. The largest absolute Gasteiger partial charge is 0.500 e. The molecule has 0 aromatic rings. The monoisotopic (exact) mass is 580 g/mol. The summed E-state index contributed by atoms with van der Waals surface area (Å²) in [4.78, 5) is 2.53. The summed E-state index contributed by atoms with van der Waals surface area (Å²) >= 11 is 0. The van der Waals surface area contributed by atoms with E-state index < -0.39 is 17.4 Å². The zero-order chi connectivity index (χ0) is 27.8. The fourth-order valence-corrected chi connectivity index (χ4v) is 14.8. The quantitative estimate of drug-likeness (QED) is 0.0996. The minimum Gasteiger partial charge on any atom is -0.395 e. The lowest BCUT2D eigenvalue weighted by Crippen LogP contribution is -2.48. The minimum atomic E-state index is -2.54. The molecule has 0 rings (SSSR count). The van der Waals surface area contributed by atoms with Crippen molar-refractivity contribution in [3.8, 4) is 0 Å². The summed E-state index contributed by atoms with van der Waals surface area (Å²) in [6.07, 6.45) is 10.1. The fraction of sp³-hybridized carbons (Fsp3) is 1.00. The van der Waals surface area contributed by atoms with Gasteiger partial charge < -0.3 is 32.3 Å². The molecule has 37 heavy (non-hydrogen) atoms. The van der Waals surface area contributed by atoms with E-state index in [2.05, 4.69) is 44.5 Å². The Morgan fingerprint density at radius 1 is 0.676 bits per heavy atom. The minimum absolute atomic E-state index is 0.360. The van der Waals surface area contributed by atoms with E-state index in [-0.39, 0.29) is 9.52 Å². The molecule has 1 unspecified atom stereocenters. The third kappa shape index (κ3) is 16.9. The molecule has 0 aromatic carbocycles. The first-order valence-corrected chi connectivity index (χ1v) is 21.7. The second kappa shape index (κ2) is 24.2. The zero-order valence-corrected chi connectivity index (χ0v) is 29.4. The van der Waals surface area contributed by atoms with E-state index in [4.69, 9.17) is 22.1 Å². The van der Waals surface area contributed by atoms with E-state index in [1.54, 1.807) is 0 Å². The summed E-state index contributed by atoms with van der Waals surface area (Å²) in [5.74, 6) is 0. The van der Waals surface area contributed by atoms with Gasteiger partial charge in [0.25, 0.3) is 0 Å². The van der Waals surface area contributed by atoms with Crippen molar-refractivity contribution in [2.45, 2.75) is 111 Å². The molecule has 0 heterocycles. The summed E-state index contributed by atoms with van der Waals surface area (Å²) < 4.78 is 30.7. The van der Waals surface area contributed by atoms with E-state index in [0.717, 1.165) is 38.4 Å². The van der Waals surface area contributed by atoms with E-state index in [9.17, 15) is 0 Å². The van der Waals surface area contributed by atoms with Crippen LogP contribution in [-0.2, 0) is 22.1 Å². The van der Waals surface area contributed by atoms with E-state index >= 15 is 0 Å². The smallest absolute Gasteiger partial charge is 0.395 e. The third-order valence-corrected chi connectivity index (χ3v) is 18.6. The zero-order valence-electron chi connectivity index (χ0n) is 26.0. The molecule has 0 bridgehead atoms. The van der Waals surface area contributed by atoms with Crippen LogP contribution in [0.4, 0.5) is 0 Å². The topological polar surface area (TPSA) is 61.4 Å². The van der Waals surface area contributed by atoms with Crippen LogP contribution in [0.5, 0.6) is 0 Å². The molecule has 7 nitrogen and oxygen atoms in total. The predicted molar refractivity (Wildman–Crippen MR) is 166 cm³/mol. The molecule has 10 heteroatoms. The van der Waals surface area contributed by atoms with Crippen LogP contribution in [-0.4, -0.2) is 97.2 Å². The summed E-state index contributed by atoms with van der Waals surface area (Å²) in [5.41, 5.74) is 0. The molecule has 224 valence electrons. The van der Waals surface area contributed by atoms with Crippen LogP contribution in [0.1, 0.15) is 93.4 Å². The van der Waals surface area contributed by atoms with Gasteiger partial charge in [-0.05, 0) is 91.5 Å². The van der Waals surface area contributed by atoms with E-state index in [0.29, 0.717) is 25.0 Å². The van der Waals surface area contributed by atoms with Gasteiger partial charge in [-0.25, -0.2) is 0 Å². The third-order valence-electron chi connectivity index (χ3n) is 7.12. The SMILES string of the molecule is CCO[Si](CCCNC[SiH2]C(CCCCCCCN(CC)CC)[Si](C)(OCC)OCC)(OCC)OCC. The second-order valence-corrected chi connectivity index (χ2v) is 18.8. The molecule has 1 atom stereocenters. The number of unbranched alkanes of at least 4 members (excludes halogenated alkanes) is 4. The maximum atomic E-state index is 6.36. The number of nitrogens with one attached hydrogen (secondary N) is 1. The molecular weight excluding hydrogens is 517 g/mol. The Morgan fingerprint density at radius 2 is 1.19 bits per heavy atom. The van der Waals surface area contributed by atoms with Crippen LogP contribution in [0.15, 0.2) is 0 Å². The van der Waals surface area contributed by atoms with Crippen molar-refractivity contribution in [2.24, 2.45) is 0 Å². The Morgan fingerprint density at radius 3 is 1.70 bits per heavy atom. The van der Waals surface area contributed by atoms with Gasteiger partial charge in [0.1, 0.15) is 0 Å². The number of rotatable bonds is 28. The highest BCUT2D eigenvalue weighted by atomic mass is 28.4. The second-order valence-electron chi connectivity index (χ2n) is 9.79. The lowest BCUT2D eigenvalue weighted by Gasteiger charge is -2.34. The van der Waals surface area contributed by atoms with Gasteiger partial charge in [-0.3, -0.25) is 0 Å². The van der Waals surface area contributed by atoms with Crippen LogP contribution < -0.4 is 5.32 Å². The van der Waals surface area contributed by atoms with Crippen molar-refractivity contribution in [2.75, 3.05) is 65.4 Å². The summed E-state index contributed by atoms with van der Waals surface area (Å²) in [6, 6.07) is 0.874. The van der Waals surface area contributed by atoms with Gasteiger partial charge in [-0.1, -0.05) is 46.0 Å². The van der Waals surface area contributed by atoms with Crippen LogP contribution in [0.3, 0.4) is 0 Å². The van der Waals surface area contributed by atoms with Crippen LogP contribution in [0.25, 0.3) is 0 Å². The Kier molecular flexibility index (Phi) is 24.4. The van der Waals surface area contributed by atoms with E-state index in [1.807, 2.05) is 20.8 Å². The highest BCUT2D eigenvalue weighted by molar-refractivity contribution is 6.77. The van der Waals surface area contributed by atoms with Crippen molar-refractivity contribution >= 4 is 26.9 Å². The van der Waals surface area contributed by atoms with Gasteiger partial charge in [-0.2, -0.15) is 0 Å². The maximum absolute atomic E-state index is 6.36. The van der Waals surface area contributed by atoms with Crippen molar-refractivity contribution < 1.29 is 22.1 Å². The Labute approximate surface area is 235 Å². The van der Waals surface area contributed by atoms with Crippen molar-refractivity contribution in [3.05, 3.63) is 0 Å². The van der Waals surface area contributed by atoms with Crippen LogP contribution in [0.2, 0.25) is 17.8 Å². The standard InChI is InChI=1S/C27H64N2O5Si3/c1-9-29(10-2)24-20-18-16-17-19-22-27(36(8,30-11-3)31-12-4)35-26-28-23-21-25-37(32-13-5,33-14-6)34-15-7/h27-28H,9-26,35H2,1-8H3. The molecule has 0 spiro atoms. The van der Waals surface area contributed by atoms with Crippen LogP contribution in [0, 0.1) is 0 Å². The van der Waals surface area contributed by atoms with Crippen molar-refractivity contribution in [1.82, 2.24) is 10.2 Å². The van der Waals surface area contributed by atoms with Gasteiger partial charge in [0.2, 0.25) is 0 Å². The van der Waals surface area contributed by atoms with Gasteiger partial charge in [-0.15, -0.1) is 0 Å². The molecule has 0 aliphatic heterocycles. The lowest BCUT2D eigenvalue weighted by molar-refractivity contribution is 0.0708. The van der Waals surface area contributed by atoms with E-state index in [1.165, 1.54) is 58.2 Å². The average Bonchev–Trinajstić information content (AvgIpc) is 2.87. The Balaban J connectivity index is 4.64. The summed E-state index contributed by atoms with van der Waals surface area (Å²) in [7, 11) is -5.04. The van der Waals surface area contributed by atoms with Crippen molar-refractivity contribution in [3.63, 3.8) is 0 Å². The van der Waals surface area contributed by atoms with Gasteiger partial charge in [0, 0.05) is 48.6 Å². The Hall–Kier alpha value is 0.371. The lowest BCUT2D eigenvalue weighted by atomic mass is 10.1. The molecule has 1 N–H and O–H groups in total. The van der Waals surface area contributed by atoms with Crippen LogP contribution >= 0.6 is 0 Å². The molecule has 0 saturated carbocycles. The predicted octanol–water partition coefficient (Wildman–Crippen LogP) is 5.30. The summed E-state index contributed by atoms with van der Waals surface area (Å²) in [5, 5.41) is 4.39. The van der Waals surface area contributed by atoms with Gasteiger partial charge in [0.15, 0.2) is 0 Å².